The van der Waals surface area contributed by atoms with Gasteiger partial charge in [-0.3, -0.25) is 0 Å². The molecule has 0 aliphatic heterocycles. The highest BCUT2D eigenvalue weighted by molar-refractivity contribution is 5.59. The van der Waals surface area contributed by atoms with Crippen LogP contribution in [0.5, 0.6) is 0 Å². The van der Waals surface area contributed by atoms with Crippen LogP contribution in [0.1, 0.15) is 5.56 Å². The Kier molecular flexibility index (Phi) is 2.18. The van der Waals surface area contributed by atoms with Gasteiger partial charge in [0.25, 0.3) is 0 Å². The zero-order chi connectivity index (χ0) is 8.93. The van der Waals surface area contributed by atoms with Crippen molar-refractivity contribution in [3.05, 3.63) is 48.3 Å². The highest BCUT2D eigenvalue weighted by Crippen LogP contribution is 2.01. The van der Waals surface area contributed by atoms with Gasteiger partial charge in [0.1, 0.15) is 0 Å². The van der Waals surface area contributed by atoms with E-state index in [4.69, 9.17) is 0 Å². The van der Waals surface area contributed by atoms with Gasteiger partial charge in [-0.05, 0) is 11.6 Å². The molecule has 0 unspecified atom stereocenters. The van der Waals surface area contributed by atoms with Crippen LogP contribution >= 0.6 is 0 Å². The van der Waals surface area contributed by atoms with Crippen molar-refractivity contribution in [1.29, 1.82) is 0 Å². The standard InChI is InChI=1S/C10H9N3/c1-2-4-10(5-3-1)6-8-13-9-7-11-12-13/h1-9H. The molecule has 0 aliphatic rings. The third-order valence-corrected chi connectivity index (χ3v) is 1.66. The highest BCUT2D eigenvalue weighted by atomic mass is 15.4. The quantitative estimate of drug-likeness (QED) is 0.691. The van der Waals surface area contributed by atoms with E-state index in [2.05, 4.69) is 10.3 Å². The summed E-state index contributed by atoms with van der Waals surface area (Å²) in [6, 6.07) is 10.1. The Balaban J connectivity index is 2.15. The third kappa shape index (κ3) is 2.02. The van der Waals surface area contributed by atoms with Crippen molar-refractivity contribution in [2.24, 2.45) is 0 Å². The summed E-state index contributed by atoms with van der Waals surface area (Å²) >= 11 is 0. The average molecular weight is 171 g/mol. The minimum atomic E-state index is 1.15. The van der Waals surface area contributed by atoms with Crippen molar-refractivity contribution in [1.82, 2.24) is 15.0 Å². The number of hydrogen-bond donors (Lipinski definition) is 0. The van der Waals surface area contributed by atoms with Crippen LogP contribution in [0, 0.1) is 0 Å². The molecule has 0 saturated heterocycles. The van der Waals surface area contributed by atoms with Crippen LogP contribution in [0.25, 0.3) is 12.3 Å². The van der Waals surface area contributed by atoms with E-state index in [-0.39, 0.29) is 0 Å². The predicted molar refractivity (Wildman–Crippen MR) is 51.7 cm³/mol. The maximum atomic E-state index is 3.81. The highest BCUT2D eigenvalue weighted by Gasteiger charge is 1.84. The van der Waals surface area contributed by atoms with Gasteiger partial charge < -0.3 is 0 Å². The summed E-state index contributed by atoms with van der Waals surface area (Å²) in [6.45, 7) is 0. The van der Waals surface area contributed by atoms with E-state index in [1.807, 2.05) is 42.6 Å². The lowest BCUT2D eigenvalue weighted by Gasteiger charge is -1.90. The van der Waals surface area contributed by atoms with Crippen molar-refractivity contribution >= 4 is 12.3 Å². The van der Waals surface area contributed by atoms with Crippen LogP contribution < -0.4 is 0 Å². The molecule has 1 heterocycles. The number of nitrogens with zero attached hydrogens (tertiary/aromatic N) is 3. The number of aromatic nitrogens is 3. The van der Waals surface area contributed by atoms with Gasteiger partial charge in [-0.2, -0.15) is 0 Å². The molecule has 0 atom stereocenters. The van der Waals surface area contributed by atoms with E-state index < -0.39 is 0 Å². The fraction of sp³-hybridized carbons (Fsp3) is 0. The Bertz CT molecular complexity index is 376. The summed E-state index contributed by atoms with van der Waals surface area (Å²) in [5.41, 5.74) is 1.15. The molecule has 3 heteroatoms. The van der Waals surface area contributed by atoms with Crippen molar-refractivity contribution in [2.45, 2.75) is 0 Å². The molecule has 2 rings (SSSR count). The number of rotatable bonds is 2. The van der Waals surface area contributed by atoms with Gasteiger partial charge in [0, 0.05) is 6.20 Å². The first-order valence-corrected chi connectivity index (χ1v) is 4.04. The number of hydrogen-bond acceptors (Lipinski definition) is 2. The second-order valence-electron chi connectivity index (χ2n) is 2.61. The minimum absolute atomic E-state index is 1.15. The summed E-state index contributed by atoms with van der Waals surface area (Å²) in [5, 5.41) is 7.51. The monoisotopic (exact) mass is 171 g/mol. The van der Waals surface area contributed by atoms with Gasteiger partial charge >= 0.3 is 0 Å². The molecular weight excluding hydrogens is 162 g/mol. The largest absolute Gasteiger partial charge is 0.228 e. The second kappa shape index (κ2) is 3.67. The second-order valence-corrected chi connectivity index (χ2v) is 2.61. The smallest absolute Gasteiger partial charge is 0.0697 e. The summed E-state index contributed by atoms with van der Waals surface area (Å²) in [6.07, 6.45) is 7.28. The average Bonchev–Trinajstić information content (AvgIpc) is 2.69. The molecule has 0 saturated carbocycles. The fourth-order valence-corrected chi connectivity index (χ4v) is 1.02. The predicted octanol–water partition coefficient (Wildman–Crippen LogP) is 1.91. The van der Waals surface area contributed by atoms with Crippen LogP contribution in [0.3, 0.4) is 0 Å². The van der Waals surface area contributed by atoms with Crippen molar-refractivity contribution in [3.8, 4) is 0 Å². The molecule has 64 valence electrons. The molecule has 0 spiro atoms. The Morgan fingerprint density at radius 3 is 2.69 bits per heavy atom. The SMILES string of the molecule is C(=Cn1ccnn1)c1ccccc1. The molecule has 0 fully saturated rings. The summed E-state index contributed by atoms with van der Waals surface area (Å²) in [7, 11) is 0. The molecule has 1 aromatic heterocycles. The van der Waals surface area contributed by atoms with Crippen LogP contribution in [0.15, 0.2) is 42.7 Å². The molecule has 1 aromatic carbocycles. The Labute approximate surface area is 76.3 Å². The van der Waals surface area contributed by atoms with Crippen molar-refractivity contribution in [2.75, 3.05) is 0 Å². The molecule has 0 N–H and O–H groups in total. The molecule has 2 aromatic rings. The van der Waals surface area contributed by atoms with Crippen LogP contribution in [-0.4, -0.2) is 15.0 Å². The van der Waals surface area contributed by atoms with E-state index in [9.17, 15) is 0 Å². The lowest BCUT2D eigenvalue weighted by Crippen LogP contribution is -1.85. The van der Waals surface area contributed by atoms with Crippen LogP contribution in [0.4, 0.5) is 0 Å². The maximum Gasteiger partial charge on any atom is 0.0697 e. The molecule has 0 bridgehead atoms. The Morgan fingerprint density at radius 2 is 2.00 bits per heavy atom. The summed E-state index contributed by atoms with van der Waals surface area (Å²) in [5.74, 6) is 0. The van der Waals surface area contributed by atoms with E-state index in [0.29, 0.717) is 0 Å². The first-order chi connectivity index (χ1) is 6.45. The minimum Gasteiger partial charge on any atom is -0.228 e. The first-order valence-electron chi connectivity index (χ1n) is 4.04. The van der Waals surface area contributed by atoms with E-state index in [1.165, 1.54) is 0 Å². The molecule has 0 aliphatic carbocycles. The molecule has 13 heavy (non-hydrogen) atoms. The molecule has 3 nitrogen and oxygen atoms in total. The van der Waals surface area contributed by atoms with Crippen molar-refractivity contribution < 1.29 is 0 Å². The third-order valence-electron chi connectivity index (χ3n) is 1.66. The summed E-state index contributed by atoms with van der Waals surface area (Å²) < 4.78 is 1.66. The molecule has 0 amide bonds. The van der Waals surface area contributed by atoms with E-state index in [1.54, 1.807) is 17.1 Å². The lowest BCUT2D eigenvalue weighted by molar-refractivity contribution is 0.842. The summed E-state index contributed by atoms with van der Waals surface area (Å²) in [4.78, 5) is 0. The Hall–Kier alpha value is -1.90. The zero-order valence-electron chi connectivity index (χ0n) is 7.04. The lowest BCUT2D eigenvalue weighted by atomic mass is 10.2. The van der Waals surface area contributed by atoms with Gasteiger partial charge in [0.15, 0.2) is 0 Å². The topological polar surface area (TPSA) is 30.7 Å². The zero-order valence-corrected chi connectivity index (χ0v) is 7.04. The molecule has 0 radical (unpaired) electrons. The fourth-order valence-electron chi connectivity index (χ4n) is 1.02. The molecular formula is C10H9N3. The van der Waals surface area contributed by atoms with Gasteiger partial charge in [-0.25, -0.2) is 4.68 Å². The normalized spacial score (nSPS) is 10.8. The van der Waals surface area contributed by atoms with Crippen LogP contribution in [-0.2, 0) is 0 Å². The maximum absolute atomic E-state index is 3.81. The van der Waals surface area contributed by atoms with Gasteiger partial charge in [0.2, 0.25) is 0 Å². The van der Waals surface area contributed by atoms with Gasteiger partial charge in [-0.1, -0.05) is 35.5 Å². The number of benzene rings is 1. The van der Waals surface area contributed by atoms with E-state index in [0.717, 1.165) is 5.56 Å². The van der Waals surface area contributed by atoms with Gasteiger partial charge in [-0.15, -0.1) is 5.10 Å². The van der Waals surface area contributed by atoms with Gasteiger partial charge in [0.05, 0.1) is 12.4 Å². The first kappa shape index (κ1) is 7.73. The van der Waals surface area contributed by atoms with Crippen LogP contribution in [0.2, 0.25) is 0 Å². The van der Waals surface area contributed by atoms with E-state index >= 15 is 0 Å². The van der Waals surface area contributed by atoms with Crippen molar-refractivity contribution in [3.63, 3.8) is 0 Å². The Morgan fingerprint density at radius 1 is 1.15 bits per heavy atom.